The van der Waals surface area contributed by atoms with Crippen LogP contribution in [0.1, 0.15) is 108 Å². The first-order valence-electron chi connectivity index (χ1n) is 22.5. The van der Waals surface area contributed by atoms with Crippen molar-refractivity contribution in [1.29, 1.82) is 0 Å². The summed E-state index contributed by atoms with van der Waals surface area (Å²) >= 11 is 12.8. The predicted molar refractivity (Wildman–Crippen MR) is 247 cm³/mol. The van der Waals surface area contributed by atoms with Gasteiger partial charge in [0.1, 0.15) is 17.3 Å². The molecule has 2 spiro atoms. The van der Waals surface area contributed by atoms with E-state index in [1.807, 2.05) is 18.2 Å². The van der Waals surface area contributed by atoms with Crippen molar-refractivity contribution < 1.29 is 33.5 Å². The number of aryl methyl sites for hydroxylation is 1. The van der Waals surface area contributed by atoms with Crippen molar-refractivity contribution in [3.05, 3.63) is 127 Å². The first-order chi connectivity index (χ1) is 31.7. The van der Waals surface area contributed by atoms with Crippen LogP contribution < -0.4 is 27.0 Å². The Kier molecular flexibility index (Phi) is 11.2. The number of benzene rings is 4. The summed E-state index contributed by atoms with van der Waals surface area (Å²) in [6.45, 7) is 1.71. The Morgan fingerprint density at radius 3 is 2.41 bits per heavy atom. The number of fused-ring (bicyclic) bond motifs is 4. The van der Waals surface area contributed by atoms with E-state index in [0.717, 1.165) is 37.7 Å². The Labute approximate surface area is 388 Å². The number of hydrogen-bond donors (Lipinski definition) is 5. The number of aromatic carboxylic acids is 1. The number of anilines is 2. The van der Waals surface area contributed by atoms with Crippen molar-refractivity contribution >= 4 is 75.2 Å². The number of carboxylic acids is 1. The van der Waals surface area contributed by atoms with Gasteiger partial charge in [-0.2, -0.15) is 0 Å². The number of rotatable bonds is 8. The van der Waals surface area contributed by atoms with Gasteiger partial charge in [-0.15, -0.1) is 0 Å². The summed E-state index contributed by atoms with van der Waals surface area (Å²) < 4.78 is 19.4. The molecule has 66 heavy (non-hydrogen) atoms. The Morgan fingerprint density at radius 1 is 0.894 bits per heavy atom. The molecule has 1 aliphatic carbocycles. The first-order valence-corrected chi connectivity index (χ1v) is 23.2. The second-order valence-electron chi connectivity index (χ2n) is 18.5. The second kappa shape index (κ2) is 16.8. The molecule has 4 aromatic carbocycles. The maximum atomic E-state index is 16.4. The van der Waals surface area contributed by atoms with Crippen molar-refractivity contribution in [1.82, 2.24) is 24.7 Å². The summed E-state index contributed by atoms with van der Waals surface area (Å²) in [5, 5.41) is 22.7. The van der Waals surface area contributed by atoms with Crippen molar-refractivity contribution in [3.63, 3.8) is 0 Å². The van der Waals surface area contributed by atoms with Crippen molar-refractivity contribution in [2.24, 2.45) is 7.05 Å². The number of imidazole rings is 1. The molecule has 4 fully saturated rings. The molecule has 342 valence electrons. The average Bonchev–Trinajstić information content (AvgIpc) is 3.85. The maximum absolute atomic E-state index is 16.4. The van der Waals surface area contributed by atoms with Crippen LogP contribution in [0.4, 0.5) is 15.8 Å². The molecule has 10 rings (SSSR count). The zero-order chi connectivity index (χ0) is 46.2. The van der Waals surface area contributed by atoms with E-state index in [-0.39, 0.29) is 58.1 Å². The molecule has 1 unspecified atom stereocenters. The number of carbonyl (C=O) groups is 5. The number of nitrogens with zero attached hydrogens (tertiary/aromatic N) is 3. The van der Waals surface area contributed by atoms with Crippen LogP contribution in [-0.4, -0.2) is 73.4 Å². The van der Waals surface area contributed by atoms with Crippen LogP contribution >= 0.6 is 23.2 Å². The molecule has 14 nitrogen and oxygen atoms in total. The Bertz CT molecular complexity index is 2940. The molecule has 0 radical (unpaired) electrons. The fraction of sp³-hybridized carbons (Fsp3) is 0.388. The van der Waals surface area contributed by atoms with Gasteiger partial charge in [-0.1, -0.05) is 72.8 Å². The zero-order valence-corrected chi connectivity index (χ0v) is 37.6. The zero-order valence-electron chi connectivity index (χ0n) is 36.1. The van der Waals surface area contributed by atoms with Gasteiger partial charge < -0.3 is 15.7 Å². The number of aromatic nitrogens is 2. The van der Waals surface area contributed by atoms with Gasteiger partial charge >= 0.3 is 11.7 Å². The first kappa shape index (κ1) is 44.0. The quantitative estimate of drug-likeness (QED) is 0.101. The molecule has 1 saturated carbocycles. The van der Waals surface area contributed by atoms with Gasteiger partial charge in [-0.25, -0.2) is 14.0 Å². The number of carboxylic acid groups (broad SMARTS) is 1. The highest BCUT2D eigenvalue weighted by Crippen LogP contribution is 2.63. The summed E-state index contributed by atoms with van der Waals surface area (Å²) in [5.41, 5.74) is 1.80. The molecule has 5 aliphatic rings. The number of nitrogens with one attached hydrogen (secondary N) is 4. The summed E-state index contributed by atoms with van der Waals surface area (Å²) in [6.07, 6.45) is 5.59. The molecule has 4 amide bonds. The van der Waals surface area contributed by atoms with Crippen LogP contribution in [0.25, 0.3) is 11.0 Å². The molecule has 4 atom stereocenters. The highest BCUT2D eigenvalue weighted by Gasteiger charge is 2.72. The standard InChI is InChI=1S/C49H48Cl2FN7O7/c1-57-38-22-27(9-13-36(38)59(47(57)66)37-14-15-39(60)55-43(37)61)26-16-20-58(21-17-26)25-28-8-11-30(24-32(28)45(63)64)53-44(62)42-40(31-6-5-7-34(51)41(31)52)49(48(56-42)18-3-2-4-19-48)33-12-10-29(50)23-35(33)54-46(49)65/h5-13,22-24,26,37,40,42,56H,2-4,14-21,25H2,1H3,(H,53,62)(H,54,65)(H,63,64)(H,55,60,61)/t37?,40-,42+,49+/m0/s1. The molecular formula is C49H48Cl2FN7O7. The minimum atomic E-state index is -1.42. The number of likely N-dealkylation sites (tertiary alicyclic amines) is 1. The molecule has 5 heterocycles. The predicted octanol–water partition coefficient (Wildman–Crippen LogP) is 7.13. The van der Waals surface area contributed by atoms with Crippen molar-refractivity contribution in [2.75, 3.05) is 23.7 Å². The average molecular weight is 937 g/mol. The van der Waals surface area contributed by atoms with E-state index in [4.69, 9.17) is 23.2 Å². The molecule has 5 N–H and O–H groups in total. The van der Waals surface area contributed by atoms with E-state index in [9.17, 15) is 33.9 Å². The van der Waals surface area contributed by atoms with Crippen LogP contribution in [0.3, 0.4) is 0 Å². The van der Waals surface area contributed by atoms with E-state index in [1.165, 1.54) is 21.3 Å². The second-order valence-corrected chi connectivity index (χ2v) is 19.3. The minimum absolute atomic E-state index is 0.0276. The summed E-state index contributed by atoms with van der Waals surface area (Å²) in [4.78, 5) is 82.3. The van der Waals surface area contributed by atoms with Gasteiger partial charge in [-0.05, 0) is 116 Å². The lowest BCUT2D eigenvalue weighted by Crippen LogP contribution is -2.60. The molecule has 5 aromatic rings. The van der Waals surface area contributed by atoms with Gasteiger partial charge in [0.25, 0.3) is 0 Å². The van der Waals surface area contributed by atoms with Crippen molar-refractivity contribution in [3.8, 4) is 0 Å². The van der Waals surface area contributed by atoms with E-state index in [1.54, 1.807) is 49.5 Å². The van der Waals surface area contributed by atoms with Gasteiger partial charge in [0.2, 0.25) is 23.6 Å². The number of amides is 4. The topological polar surface area (TPSA) is 184 Å². The van der Waals surface area contributed by atoms with Gasteiger partial charge in [0.05, 0.1) is 27.7 Å². The van der Waals surface area contributed by atoms with Crippen LogP contribution in [0, 0.1) is 5.82 Å². The van der Waals surface area contributed by atoms with E-state index >= 15 is 4.39 Å². The van der Waals surface area contributed by atoms with Gasteiger partial charge in [-0.3, -0.25) is 43.8 Å². The lowest BCUT2D eigenvalue weighted by Gasteiger charge is -2.47. The third-order valence-corrected chi connectivity index (χ3v) is 15.5. The van der Waals surface area contributed by atoms with Crippen LogP contribution in [-0.2, 0) is 38.2 Å². The van der Waals surface area contributed by atoms with Crippen LogP contribution in [0.15, 0.2) is 77.6 Å². The maximum Gasteiger partial charge on any atom is 0.336 e. The van der Waals surface area contributed by atoms with E-state index in [0.29, 0.717) is 65.3 Å². The highest BCUT2D eigenvalue weighted by molar-refractivity contribution is 6.31. The SMILES string of the molecule is Cn1c(=O)n(C2CCC(=O)NC2=O)c2ccc(C3CCN(Cc4ccc(NC(=O)[C@@H]5NC6(CCCCC6)[C@@]6(C(=O)Nc7cc(Cl)ccc76)[C@H]5c5cccc(Cl)c5F)cc4C(=O)O)CC3)cc21. The van der Waals surface area contributed by atoms with Crippen LogP contribution in [0.5, 0.6) is 0 Å². The molecule has 3 saturated heterocycles. The lowest BCUT2D eigenvalue weighted by molar-refractivity contribution is -0.135. The van der Waals surface area contributed by atoms with Crippen molar-refractivity contribution in [2.45, 2.75) is 99.2 Å². The minimum Gasteiger partial charge on any atom is -0.478 e. The number of carbonyl (C=O) groups excluding carboxylic acids is 4. The summed E-state index contributed by atoms with van der Waals surface area (Å²) in [6, 6.07) is 18.6. The lowest BCUT2D eigenvalue weighted by atomic mass is 9.55. The van der Waals surface area contributed by atoms with Gasteiger partial charge in [0, 0.05) is 47.9 Å². The number of hydrogen-bond acceptors (Lipinski definition) is 8. The molecule has 17 heteroatoms. The number of piperidine rings is 2. The normalized spacial score (nSPS) is 24.2. The highest BCUT2D eigenvalue weighted by atomic mass is 35.5. The molecule has 4 aliphatic heterocycles. The molecule has 1 aromatic heterocycles. The Morgan fingerprint density at radius 2 is 1.67 bits per heavy atom. The molecular weight excluding hydrogens is 888 g/mol. The smallest absolute Gasteiger partial charge is 0.336 e. The van der Waals surface area contributed by atoms with E-state index in [2.05, 4.69) is 26.2 Å². The third-order valence-electron chi connectivity index (χ3n) is 15.0. The Balaban J connectivity index is 0.887. The Hall–Kier alpha value is -5.87. The molecule has 0 bridgehead atoms. The fourth-order valence-corrected chi connectivity index (χ4v) is 12.3. The summed E-state index contributed by atoms with van der Waals surface area (Å²) in [7, 11) is 1.68. The monoisotopic (exact) mass is 935 g/mol. The third kappa shape index (κ3) is 7.04. The van der Waals surface area contributed by atoms with E-state index < -0.39 is 52.6 Å². The number of imide groups is 1. The van der Waals surface area contributed by atoms with Gasteiger partial charge in [0.15, 0.2) is 0 Å². The fourth-order valence-electron chi connectivity index (χ4n) is 12.0. The number of halogens is 3. The summed E-state index contributed by atoms with van der Waals surface area (Å²) in [5.74, 6) is -4.48. The largest absolute Gasteiger partial charge is 0.478 e. The van der Waals surface area contributed by atoms with Crippen LogP contribution in [0.2, 0.25) is 10.0 Å².